The summed E-state index contributed by atoms with van der Waals surface area (Å²) in [5.74, 6) is 0.978. The van der Waals surface area contributed by atoms with E-state index in [1.54, 1.807) is 30.1 Å². The van der Waals surface area contributed by atoms with E-state index in [1.807, 2.05) is 0 Å². The Morgan fingerprint density at radius 3 is 2.70 bits per heavy atom. The highest BCUT2D eigenvalue weighted by molar-refractivity contribution is 5.76. The van der Waals surface area contributed by atoms with E-state index in [1.165, 1.54) is 6.07 Å². The van der Waals surface area contributed by atoms with Gasteiger partial charge in [0.2, 0.25) is 5.91 Å². The first-order chi connectivity index (χ1) is 11.0. The highest BCUT2D eigenvalue weighted by Crippen LogP contribution is 2.25. The molecule has 1 N–H and O–H groups in total. The van der Waals surface area contributed by atoms with Gasteiger partial charge in [-0.1, -0.05) is 25.1 Å². The van der Waals surface area contributed by atoms with Gasteiger partial charge in [-0.2, -0.15) is 0 Å². The quantitative estimate of drug-likeness (QED) is 0.646. The molecule has 0 radical (unpaired) electrons. The Morgan fingerprint density at radius 1 is 1.39 bits per heavy atom. The topological polar surface area (TPSA) is 75.5 Å². The smallest absolute Gasteiger partial charge is 0.274 e. The van der Waals surface area contributed by atoms with E-state index >= 15 is 0 Å². The summed E-state index contributed by atoms with van der Waals surface area (Å²) in [5, 5.41) is 14.4. The summed E-state index contributed by atoms with van der Waals surface area (Å²) in [6.07, 6.45) is 2.73. The number of rotatable bonds is 6. The van der Waals surface area contributed by atoms with Gasteiger partial charge in [-0.3, -0.25) is 14.9 Å². The molecule has 0 aromatic heterocycles. The molecule has 1 unspecified atom stereocenters. The predicted molar refractivity (Wildman–Crippen MR) is 88.9 cm³/mol. The molecule has 1 fully saturated rings. The van der Waals surface area contributed by atoms with Crippen molar-refractivity contribution in [2.45, 2.75) is 32.7 Å². The molecule has 1 amide bonds. The van der Waals surface area contributed by atoms with E-state index in [4.69, 9.17) is 0 Å². The summed E-state index contributed by atoms with van der Waals surface area (Å²) in [5.41, 5.74) is 0.640. The maximum Gasteiger partial charge on any atom is 0.274 e. The second-order valence-corrected chi connectivity index (χ2v) is 6.40. The SMILES string of the molecule is CC(CC(=O)N(C)Cc1ccccc1[N+](=O)[O-])C1CCNCC1. The molecule has 0 saturated carbocycles. The van der Waals surface area contributed by atoms with Gasteiger partial charge in [0.05, 0.1) is 11.5 Å². The van der Waals surface area contributed by atoms with Crippen molar-refractivity contribution in [3.63, 3.8) is 0 Å². The zero-order chi connectivity index (χ0) is 16.8. The molecule has 6 heteroatoms. The van der Waals surface area contributed by atoms with Gasteiger partial charge >= 0.3 is 0 Å². The molecule has 1 aliphatic heterocycles. The average molecular weight is 319 g/mol. The average Bonchev–Trinajstić information content (AvgIpc) is 2.55. The Kier molecular flexibility index (Phi) is 6.10. The number of carbonyl (C=O) groups is 1. The van der Waals surface area contributed by atoms with Crippen molar-refractivity contribution in [3.05, 3.63) is 39.9 Å². The number of nitrogens with zero attached hydrogens (tertiary/aromatic N) is 2. The fourth-order valence-corrected chi connectivity index (χ4v) is 3.18. The van der Waals surface area contributed by atoms with Gasteiger partial charge < -0.3 is 10.2 Å². The van der Waals surface area contributed by atoms with Crippen LogP contribution in [0.1, 0.15) is 31.7 Å². The van der Waals surface area contributed by atoms with Crippen LogP contribution < -0.4 is 5.32 Å². The molecule has 1 saturated heterocycles. The van der Waals surface area contributed by atoms with Crippen molar-refractivity contribution >= 4 is 11.6 Å². The first-order valence-electron chi connectivity index (χ1n) is 8.16. The minimum atomic E-state index is -0.398. The highest BCUT2D eigenvalue weighted by Gasteiger charge is 2.24. The van der Waals surface area contributed by atoms with Crippen LogP contribution in [0.2, 0.25) is 0 Å². The third-order valence-corrected chi connectivity index (χ3v) is 4.71. The molecule has 1 atom stereocenters. The second kappa shape index (κ2) is 8.06. The van der Waals surface area contributed by atoms with Gasteiger partial charge in [0.15, 0.2) is 0 Å². The van der Waals surface area contributed by atoms with Crippen LogP contribution in [0.25, 0.3) is 0 Å². The van der Waals surface area contributed by atoms with Crippen molar-refractivity contribution in [2.24, 2.45) is 11.8 Å². The number of benzene rings is 1. The van der Waals surface area contributed by atoms with E-state index in [-0.39, 0.29) is 18.1 Å². The molecule has 1 aromatic rings. The van der Waals surface area contributed by atoms with Crippen molar-refractivity contribution < 1.29 is 9.72 Å². The first-order valence-corrected chi connectivity index (χ1v) is 8.16. The van der Waals surface area contributed by atoms with Gasteiger partial charge in [0, 0.05) is 25.1 Å². The van der Waals surface area contributed by atoms with Crippen LogP contribution in [0.3, 0.4) is 0 Å². The zero-order valence-corrected chi connectivity index (χ0v) is 13.8. The lowest BCUT2D eigenvalue weighted by molar-refractivity contribution is -0.385. The maximum atomic E-state index is 12.4. The molecule has 1 aliphatic rings. The standard InChI is InChI=1S/C17H25N3O3/c1-13(14-7-9-18-10-8-14)11-17(21)19(2)12-15-5-3-4-6-16(15)20(22)23/h3-6,13-14,18H,7-12H2,1-2H3. The lowest BCUT2D eigenvalue weighted by Crippen LogP contribution is -2.34. The summed E-state index contributed by atoms with van der Waals surface area (Å²) in [6, 6.07) is 6.59. The first kappa shape index (κ1) is 17.4. The third kappa shape index (κ3) is 4.76. The van der Waals surface area contributed by atoms with E-state index < -0.39 is 4.92 Å². The molecule has 0 aliphatic carbocycles. The summed E-state index contributed by atoms with van der Waals surface area (Å²) in [4.78, 5) is 24.7. The van der Waals surface area contributed by atoms with Crippen LogP contribution in [-0.4, -0.2) is 35.9 Å². The normalized spacial score (nSPS) is 16.8. The molecule has 6 nitrogen and oxygen atoms in total. The largest absolute Gasteiger partial charge is 0.341 e. The van der Waals surface area contributed by atoms with Crippen molar-refractivity contribution in [3.8, 4) is 0 Å². The van der Waals surface area contributed by atoms with Crippen LogP contribution in [0.15, 0.2) is 24.3 Å². The number of para-hydroxylation sites is 1. The number of carbonyl (C=O) groups excluding carboxylic acids is 1. The van der Waals surface area contributed by atoms with E-state index in [9.17, 15) is 14.9 Å². The van der Waals surface area contributed by atoms with Crippen molar-refractivity contribution in [2.75, 3.05) is 20.1 Å². The number of nitro groups is 1. The minimum Gasteiger partial charge on any atom is -0.341 e. The Hall–Kier alpha value is -1.95. The fraction of sp³-hybridized carbons (Fsp3) is 0.588. The van der Waals surface area contributed by atoms with Crippen LogP contribution in [0.5, 0.6) is 0 Å². The number of amides is 1. The second-order valence-electron chi connectivity index (χ2n) is 6.40. The van der Waals surface area contributed by atoms with Gasteiger partial charge in [-0.05, 0) is 37.8 Å². The van der Waals surface area contributed by atoms with Crippen molar-refractivity contribution in [1.82, 2.24) is 10.2 Å². The molecule has 1 heterocycles. The monoisotopic (exact) mass is 319 g/mol. The predicted octanol–water partition coefficient (Wildman–Crippen LogP) is 2.58. The summed E-state index contributed by atoms with van der Waals surface area (Å²) in [6.45, 7) is 4.45. The summed E-state index contributed by atoms with van der Waals surface area (Å²) < 4.78 is 0. The van der Waals surface area contributed by atoms with Crippen molar-refractivity contribution in [1.29, 1.82) is 0 Å². The Morgan fingerprint density at radius 2 is 2.04 bits per heavy atom. The third-order valence-electron chi connectivity index (χ3n) is 4.71. The fourth-order valence-electron chi connectivity index (χ4n) is 3.18. The lowest BCUT2D eigenvalue weighted by atomic mass is 9.84. The lowest BCUT2D eigenvalue weighted by Gasteiger charge is -2.29. The molecule has 126 valence electrons. The van der Waals surface area contributed by atoms with E-state index in [2.05, 4.69) is 12.2 Å². The van der Waals surface area contributed by atoms with E-state index in [0.717, 1.165) is 25.9 Å². The van der Waals surface area contributed by atoms with Crippen LogP contribution in [0.4, 0.5) is 5.69 Å². The maximum absolute atomic E-state index is 12.4. The number of piperidine rings is 1. The number of nitrogens with one attached hydrogen (secondary N) is 1. The van der Waals surface area contributed by atoms with Gasteiger partial charge in [0.25, 0.3) is 5.69 Å². The molecular formula is C17H25N3O3. The van der Waals surface area contributed by atoms with Crippen LogP contribution >= 0.6 is 0 Å². The molecule has 0 bridgehead atoms. The molecular weight excluding hydrogens is 294 g/mol. The van der Waals surface area contributed by atoms with E-state index in [0.29, 0.717) is 23.8 Å². The highest BCUT2D eigenvalue weighted by atomic mass is 16.6. The van der Waals surface area contributed by atoms with Crippen LogP contribution in [0, 0.1) is 22.0 Å². The number of nitro benzene ring substituents is 1. The Balaban J connectivity index is 1.93. The van der Waals surface area contributed by atoms with Crippen LogP contribution in [-0.2, 0) is 11.3 Å². The summed E-state index contributed by atoms with van der Waals surface area (Å²) in [7, 11) is 1.72. The molecule has 0 spiro atoms. The molecule has 1 aromatic carbocycles. The number of hydrogen-bond acceptors (Lipinski definition) is 4. The van der Waals surface area contributed by atoms with Gasteiger partial charge in [-0.25, -0.2) is 0 Å². The Labute approximate surface area is 137 Å². The number of hydrogen-bond donors (Lipinski definition) is 1. The zero-order valence-electron chi connectivity index (χ0n) is 13.8. The minimum absolute atomic E-state index is 0.0502. The summed E-state index contributed by atoms with van der Waals surface area (Å²) >= 11 is 0. The van der Waals surface area contributed by atoms with Gasteiger partial charge in [-0.15, -0.1) is 0 Å². The molecule has 23 heavy (non-hydrogen) atoms. The molecule has 2 rings (SSSR count). The van der Waals surface area contributed by atoms with Gasteiger partial charge in [0.1, 0.15) is 0 Å². The Bertz CT molecular complexity index is 556.